The van der Waals surface area contributed by atoms with E-state index in [2.05, 4.69) is 4.74 Å². The maximum Gasteiger partial charge on any atom is 0.338 e. The standard InChI is InChI=1S/C12H17NO3S/c1-8-4-5-9(13)6-10(8)17-7-12(2,15)11(14)16-3/h4-6,15H,7,13H2,1-3H3. The van der Waals surface area contributed by atoms with E-state index in [1.165, 1.54) is 25.8 Å². The average Bonchev–Trinajstić information content (AvgIpc) is 2.29. The normalized spacial score (nSPS) is 14.1. The second-order valence-electron chi connectivity index (χ2n) is 4.08. The number of benzene rings is 1. The minimum Gasteiger partial charge on any atom is -0.467 e. The highest BCUT2D eigenvalue weighted by Crippen LogP contribution is 2.28. The molecule has 0 saturated carbocycles. The monoisotopic (exact) mass is 255 g/mol. The summed E-state index contributed by atoms with van der Waals surface area (Å²) in [6.07, 6.45) is 0. The van der Waals surface area contributed by atoms with E-state index in [4.69, 9.17) is 5.73 Å². The van der Waals surface area contributed by atoms with Crippen LogP contribution in [0.3, 0.4) is 0 Å². The molecule has 0 fully saturated rings. The van der Waals surface area contributed by atoms with Gasteiger partial charge in [0.2, 0.25) is 0 Å². The molecule has 0 aromatic heterocycles. The SMILES string of the molecule is COC(=O)C(C)(O)CSc1cc(N)ccc1C. The highest BCUT2D eigenvalue weighted by molar-refractivity contribution is 7.99. The summed E-state index contributed by atoms with van der Waals surface area (Å²) in [6, 6.07) is 5.55. The Kier molecular flexibility index (Phi) is 4.42. The number of thioether (sulfide) groups is 1. The number of rotatable bonds is 4. The third kappa shape index (κ3) is 3.64. The van der Waals surface area contributed by atoms with Crippen LogP contribution in [0.5, 0.6) is 0 Å². The van der Waals surface area contributed by atoms with Crippen molar-refractivity contribution in [3.63, 3.8) is 0 Å². The summed E-state index contributed by atoms with van der Waals surface area (Å²) >= 11 is 1.38. The highest BCUT2D eigenvalue weighted by atomic mass is 32.2. The van der Waals surface area contributed by atoms with Crippen molar-refractivity contribution < 1.29 is 14.6 Å². The molecule has 0 radical (unpaired) electrons. The van der Waals surface area contributed by atoms with Crippen molar-refractivity contribution in [2.75, 3.05) is 18.6 Å². The molecule has 4 nitrogen and oxygen atoms in total. The fraction of sp³-hybridized carbons (Fsp3) is 0.417. The van der Waals surface area contributed by atoms with Gasteiger partial charge in [-0.25, -0.2) is 4.79 Å². The Hall–Kier alpha value is -1.20. The lowest BCUT2D eigenvalue weighted by Gasteiger charge is -2.20. The summed E-state index contributed by atoms with van der Waals surface area (Å²) < 4.78 is 4.53. The van der Waals surface area contributed by atoms with E-state index < -0.39 is 11.6 Å². The Bertz CT molecular complexity index is 418. The lowest BCUT2D eigenvalue weighted by atomic mass is 10.1. The van der Waals surface area contributed by atoms with Gasteiger partial charge in [-0.3, -0.25) is 0 Å². The summed E-state index contributed by atoms with van der Waals surface area (Å²) in [5.74, 6) is -0.407. The predicted molar refractivity (Wildman–Crippen MR) is 69.0 cm³/mol. The molecule has 1 unspecified atom stereocenters. The van der Waals surface area contributed by atoms with Gasteiger partial charge in [0, 0.05) is 16.3 Å². The van der Waals surface area contributed by atoms with Crippen molar-refractivity contribution in [2.24, 2.45) is 0 Å². The first-order chi connectivity index (χ1) is 7.86. The second-order valence-corrected chi connectivity index (χ2v) is 5.10. The van der Waals surface area contributed by atoms with Crippen molar-refractivity contribution in [2.45, 2.75) is 24.3 Å². The third-order valence-corrected chi connectivity index (χ3v) is 3.80. The molecular weight excluding hydrogens is 238 g/mol. The van der Waals surface area contributed by atoms with Crippen molar-refractivity contribution in [3.05, 3.63) is 23.8 Å². The van der Waals surface area contributed by atoms with Crippen LogP contribution in [0.25, 0.3) is 0 Å². The van der Waals surface area contributed by atoms with Crippen LogP contribution in [0.4, 0.5) is 5.69 Å². The number of aryl methyl sites for hydroxylation is 1. The molecule has 1 rings (SSSR count). The van der Waals surface area contributed by atoms with Gasteiger partial charge < -0.3 is 15.6 Å². The first-order valence-electron chi connectivity index (χ1n) is 5.16. The van der Waals surface area contributed by atoms with Crippen LogP contribution >= 0.6 is 11.8 Å². The molecule has 17 heavy (non-hydrogen) atoms. The van der Waals surface area contributed by atoms with Gasteiger partial charge in [0.1, 0.15) is 0 Å². The van der Waals surface area contributed by atoms with Crippen molar-refractivity contribution in [3.8, 4) is 0 Å². The molecule has 1 aromatic carbocycles. The molecule has 0 spiro atoms. The van der Waals surface area contributed by atoms with E-state index in [0.29, 0.717) is 5.69 Å². The number of hydrogen-bond donors (Lipinski definition) is 2. The minimum atomic E-state index is -1.49. The lowest BCUT2D eigenvalue weighted by molar-refractivity contribution is -0.158. The van der Waals surface area contributed by atoms with Gasteiger partial charge in [0.15, 0.2) is 5.60 Å². The van der Waals surface area contributed by atoms with E-state index in [1.807, 2.05) is 25.1 Å². The van der Waals surface area contributed by atoms with Gasteiger partial charge in [0.25, 0.3) is 0 Å². The number of anilines is 1. The topological polar surface area (TPSA) is 72.5 Å². The van der Waals surface area contributed by atoms with Crippen LogP contribution in [-0.2, 0) is 9.53 Å². The molecule has 5 heteroatoms. The summed E-state index contributed by atoms with van der Waals surface area (Å²) in [5.41, 5.74) is 5.92. The Morgan fingerprint density at radius 2 is 2.24 bits per heavy atom. The number of nitrogens with two attached hydrogens (primary N) is 1. The second kappa shape index (κ2) is 5.42. The number of esters is 1. The van der Waals surface area contributed by atoms with E-state index in [1.54, 1.807) is 0 Å². The third-order valence-electron chi connectivity index (χ3n) is 2.35. The van der Waals surface area contributed by atoms with Crippen LogP contribution in [0.2, 0.25) is 0 Å². The zero-order valence-electron chi connectivity index (χ0n) is 10.2. The minimum absolute atomic E-state index is 0.226. The van der Waals surface area contributed by atoms with Crippen LogP contribution in [0, 0.1) is 6.92 Å². The zero-order chi connectivity index (χ0) is 13.1. The number of methoxy groups -OCH3 is 1. The zero-order valence-corrected chi connectivity index (χ0v) is 11.0. The van der Waals surface area contributed by atoms with Crippen LogP contribution in [0.1, 0.15) is 12.5 Å². The lowest BCUT2D eigenvalue weighted by Crippen LogP contribution is -2.38. The van der Waals surface area contributed by atoms with Gasteiger partial charge in [0.05, 0.1) is 7.11 Å². The summed E-state index contributed by atoms with van der Waals surface area (Å²) in [6.45, 7) is 3.39. The fourth-order valence-corrected chi connectivity index (χ4v) is 2.34. The first-order valence-corrected chi connectivity index (χ1v) is 6.15. The number of carbonyl (C=O) groups excluding carboxylic acids is 1. The van der Waals surface area contributed by atoms with Crippen molar-refractivity contribution in [1.82, 2.24) is 0 Å². The molecule has 0 bridgehead atoms. The van der Waals surface area contributed by atoms with E-state index in [9.17, 15) is 9.90 Å². The van der Waals surface area contributed by atoms with E-state index >= 15 is 0 Å². The Morgan fingerprint density at radius 3 is 2.82 bits per heavy atom. The largest absolute Gasteiger partial charge is 0.467 e. The van der Waals surface area contributed by atoms with Gasteiger partial charge in [-0.05, 0) is 31.5 Å². The molecule has 0 aliphatic heterocycles. The van der Waals surface area contributed by atoms with Crippen molar-refractivity contribution >= 4 is 23.4 Å². The average molecular weight is 255 g/mol. The molecule has 1 atom stereocenters. The molecule has 94 valence electrons. The van der Waals surface area contributed by atoms with E-state index in [0.717, 1.165) is 10.5 Å². The van der Waals surface area contributed by atoms with Crippen LogP contribution in [-0.4, -0.2) is 29.5 Å². The van der Waals surface area contributed by atoms with E-state index in [-0.39, 0.29) is 5.75 Å². The van der Waals surface area contributed by atoms with Gasteiger partial charge >= 0.3 is 5.97 Å². The molecule has 1 aromatic rings. The summed E-state index contributed by atoms with van der Waals surface area (Å²) in [5, 5.41) is 9.88. The Morgan fingerprint density at radius 1 is 1.59 bits per heavy atom. The molecule has 0 aliphatic rings. The smallest absolute Gasteiger partial charge is 0.338 e. The van der Waals surface area contributed by atoms with Gasteiger partial charge in [-0.1, -0.05) is 6.07 Å². The quantitative estimate of drug-likeness (QED) is 0.485. The molecule has 0 heterocycles. The molecule has 0 aliphatic carbocycles. The summed E-state index contributed by atoms with van der Waals surface area (Å²) in [4.78, 5) is 12.2. The van der Waals surface area contributed by atoms with Gasteiger partial charge in [-0.2, -0.15) is 0 Å². The number of aliphatic hydroxyl groups is 1. The predicted octanol–water partition coefficient (Wildman–Crippen LogP) is 1.59. The number of ether oxygens (including phenoxy) is 1. The summed E-state index contributed by atoms with van der Waals surface area (Å²) in [7, 11) is 1.26. The Labute approximate surface area is 105 Å². The maximum absolute atomic E-state index is 11.3. The Balaban J connectivity index is 2.73. The maximum atomic E-state index is 11.3. The molecular formula is C12H17NO3S. The highest BCUT2D eigenvalue weighted by Gasteiger charge is 2.31. The number of carbonyl (C=O) groups is 1. The van der Waals surface area contributed by atoms with Crippen molar-refractivity contribution in [1.29, 1.82) is 0 Å². The van der Waals surface area contributed by atoms with Gasteiger partial charge in [-0.15, -0.1) is 11.8 Å². The van der Waals surface area contributed by atoms with Crippen LogP contribution < -0.4 is 5.73 Å². The first kappa shape index (κ1) is 13.9. The number of hydrogen-bond acceptors (Lipinski definition) is 5. The molecule has 0 amide bonds. The molecule has 3 N–H and O–H groups in total. The fourth-order valence-electron chi connectivity index (χ4n) is 1.27. The van der Waals surface area contributed by atoms with Crippen LogP contribution in [0.15, 0.2) is 23.1 Å². The molecule has 0 saturated heterocycles. The number of nitrogen functional groups attached to an aromatic ring is 1.